The molecule has 0 spiro atoms. The monoisotopic (exact) mass is 310 g/mol. The van der Waals surface area contributed by atoms with Crippen molar-refractivity contribution in [2.24, 2.45) is 0 Å². The molecular weight excluding hydrogens is 298 g/mol. The van der Waals surface area contributed by atoms with E-state index >= 15 is 0 Å². The van der Waals surface area contributed by atoms with Gasteiger partial charge in [0, 0.05) is 4.47 Å². The van der Waals surface area contributed by atoms with Gasteiger partial charge in [-0.05, 0) is 32.0 Å². The van der Waals surface area contributed by atoms with Crippen LogP contribution in [-0.2, 0) is 13.6 Å². The molecule has 0 saturated carbocycles. The van der Waals surface area contributed by atoms with E-state index in [1.165, 1.54) is 12.1 Å². The smallest absolute Gasteiger partial charge is 0.305 e. The Kier molecular flexibility index (Phi) is 5.12. The molecule has 0 unspecified atom stereocenters. The van der Waals surface area contributed by atoms with Gasteiger partial charge >= 0.3 is 7.60 Å². The van der Waals surface area contributed by atoms with Gasteiger partial charge in [0.2, 0.25) is 0 Å². The predicted octanol–water partition coefficient (Wildman–Crippen LogP) is 3.48. The van der Waals surface area contributed by atoms with E-state index in [4.69, 9.17) is 9.05 Å². The van der Waals surface area contributed by atoms with Crippen molar-refractivity contribution in [3.63, 3.8) is 0 Å². The molecule has 1 aromatic rings. The fourth-order valence-electron chi connectivity index (χ4n) is 1.22. The Morgan fingerprint density at radius 2 is 1.81 bits per heavy atom. The second kappa shape index (κ2) is 5.92. The number of benzene rings is 1. The first-order chi connectivity index (χ1) is 7.51. The lowest BCUT2D eigenvalue weighted by atomic mass is 10.3. The summed E-state index contributed by atoms with van der Waals surface area (Å²) in [4.78, 5) is 0. The standard InChI is InChI=1S/C10H13BrFO3P/c1-3-14-16(13,15-4-2)10-6-8(11)5-9(12)7-10/h5-7H,3-4H2,1-2H3. The van der Waals surface area contributed by atoms with Crippen molar-refractivity contribution in [2.75, 3.05) is 13.2 Å². The maximum absolute atomic E-state index is 13.2. The summed E-state index contributed by atoms with van der Waals surface area (Å²) in [7, 11) is -3.40. The summed E-state index contributed by atoms with van der Waals surface area (Å²) in [6.07, 6.45) is 0. The first-order valence-corrected chi connectivity index (χ1v) is 7.21. The van der Waals surface area contributed by atoms with Gasteiger partial charge in [0.1, 0.15) is 5.82 Å². The van der Waals surface area contributed by atoms with Crippen LogP contribution in [0.2, 0.25) is 0 Å². The van der Waals surface area contributed by atoms with Crippen LogP contribution in [0.3, 0.4) is 0 Å². The van der Waals surface area contributed by atoms with Crippen molar-refractivity contribution in [1.29, 1.82) is 0 Å². The zero-order valence-corrected chi connectivity index (χ0v) is 11.6. The molecule has 0 radical (unpaired) electrons. The molecule has 0 fully saturated rings. The first kappa shape index (κ1) is 13.8. The maximum Gasteiger partial charge on any atom is 0.361 e. The van der Waals surface area contributed by atoms with Crippen LogP contribution in [0.4, 0.5) is 4.39 Å². The molecule has 0 aliphatic heterocycles. The van der Waals surface area contributed by atoms with Crippen LogP contribution in [0.5, 0.6) is 0 Å². The average Bonchev–Trinajstić information content (AvgIpc) is 2.16. The topological polar surface area (TPSA) is 35.5 Å². The molecule has 0 aliphatic rings. The van der Waals surface area contributed by atoms with Crippen LogP contribution < -0.4 is 5.30 Å². The van der Waals surface area contributed by atoms with Crippen molar-refractivity contribution in [3.05, 3.63) is 28.5 Å². The van der Waals surface area contributed by atoms with Crippen molar-refractivity contribution < 1.29 is 18.0 Å². The molecule has 0 atom stereocenters. The van der Waals surface area contributed by atoms with Crippen molar-refractivity contribution in [3.8, 4) is 0 Å². The van der Waals surface area contributed by atoms with Gasteiger partial charge in [-0.25, -0.2) is 4.39 Å². The lowest BCUT2D eigenvalue weighted by molar-refractivity contribution is 0.230. The summed E-state index contributed by atoms with van der Waals surface area (Å²) >= 11 is 3.14. The number of halogens is 2. The highest BCUT2D eigenvalue weighted by Gasteiger charge is 2.27. The lowest BCUT2D eigenvalue weighted by Gasteiger charge is -2.17. The largest absolute Gasteiger partial charge is 0.361 e. The van der Waals surface area contributed by atoms with E-state index in [0.717, 1.165) is 6.07 Å². The minimum atomic E-state index is -3.40. The van der Waals surface area contributed by atoms with Gasteiger partial charge in [-0.3, -0.25) is 4.57 Å². The molecule has 1 rings (SSSR count). The van der Waals surface area contributed by atoms with E-state index in [1.807, 2.05) is 0 Å². The molecule has 0 aromatic heterocycles. The van der Waals surface area contributed by atoms with Crippen molar-refractivity contribution >= 4 is 28.8 Å². The number of rotatable bonds is 5. The third-order valence-electron chi connectivity index (χ3n) is 1.76. The molecule has 90 valence electrons. The van der Waals surface area contributed by atoms with E-state index in [1.54, 1.807) is 13.8 Å². The molecule has 0 heterocycles. The number of hydrogen-bond acceptors (Lipinski definition) is 3. The average molecular weight is 311 g/mol. The van der Waals surface area contributed by atoms with Gasteiger partial charge in [0.05, 0.1) is 18.5 Å². The van der Waals surface area contributed by atoms with E-state index in [2.05, 4.69) is 15.9 Å². The van der Waals surface area contributed by atoms with Crippen LogP contribution in [0, 0.1) is 5.82 Å². The van der Waals surface area contributed by atoms with Crippen molar-refractivity contribution in [1.82, 2.24) is 0 Å². The Morgan fingerprint density at radius 3 is 2.25 bits per heavy atom. The molecule has 6 heteroatoms. The highest BCUT2D eigenvalue weighted by Crippen LogP contribution is 2.47. The normalized spacial score (nSPS) is 11.8. The van der Waals surface area contributed by atoms with Gasteiger partial charge in [0.15, 0.2) is 0 Å². The van der Waals surface area contributed by atoms with Crippen LogP contribution >= 0.6 is 23.5 Å². The molecule has 16 heavy (non-hydrogen) atoms. The minimum Gasteiger partial charge on any atom is -0.305 e. The molecule has 1 aromatic carbocycles. The molecule has 0 bridgehead atoms. The summed E-state index contributed by atoms with van der Waals surface area (Å²) in [5.74, 6) is -0.482. The predicted molar refractivity (Wildman–Crippen MR) is 64.6 cm³/mol. The molecule has 0 N–H and O–H groups in total. The minimum absolute atomic E-state index is 0.225. The van der Waals surface area contributed by atoms with Crippen LogP contribution in [-0.4, -0.2) is 13.2 Å². The van der Waals surface area contributed by atoms with Gasteiger partial charge in [-0.2, -0.15) is 0 Å². The molecule has 3 nitrogen and oxygen atoms in total. The Balaban J connectivity index is 3.15. The van der Waals surface area contributed by atoms with Gasteiger partial charge in [0.25, 0.3) is 0 Å². The van der Waals surface area contributed by atoms with Gasteiger partial charge in [-0.15, -0.1) is 0 Å². The fourth-order valence-corrected chi connectivity index (χ4v) is 3.50. The van der Waals surface area contributed by atoms with Gasteiger partial charge in [-0.1, -0.05) is 15.9 Å². The zero-order valence-electron chi connectivity index (χ0n) is 9.07. The second-order valence-corrected chi connectivity index (χ2v) is 5.90. The van der Waals surface area contributed by atoms with Crippen LogP contribution in [0.1, 0.15) is 13.8 Å². The van der Waals surface area contributed by atoms with Crippen LogP contribution in [0.15, 0.2) is 22.7 Å². The molecule has 0 amide bonds. The van der Waals surface area contributed by atoms with E-state index in [0.29, 0.717) is 4.47 Å². The maximum atomic E-state index is 13.2. The first-order valence-electron chi connectivity index (χ1n) is 4.87. The van der Waals surface area contributed by atoms with Crippen molar-refractivity contribution in [2.45, 2.75) is 13.8 Å². The third-order valence-corrected chi connectivity index (χ3v) is 4.31. The Labute approximate surface area is 103 Å². The van der Waals surface area contributed by atoms with E-state index in [-0.39, 0.29) is 18.5 Å². The zero-order chi connectivity index (χ0) is 12.2. The Bertz CT molecular complexity index is 381. The summed E-state index contributed by atoms with van der Waals surface area (Å²) in [6.45, 7) is 3.90. The van der Waals surface area contributed by atoms with E-state index in [9.17, 15) is 8.96 Å². The second-order valence-electron chi connectivity index (χ2n) is 2.96. The van der Waals surface area contributed by atoms with Crippen LogP contribution in [0.25, 0.3) is 0 Å². The summed E-state index contributed by atoms with van der Waals surface area (Å²) in [6, 6.07) is 3.98. The Morgan fingerprint density at radius 1 is 1.25 bits per heavy atom. The summed E-state index contributed by atoms with van der Waals surface area (Å²) in [5.41, 5.74) is 0. The number of hydrogen-bond donors (Lipinski definition) is 0. The molecule has 0 saturated heterocycles. The SMILES string of the molecule is CCOP(=O)(OCC)c1cc(F)cc(Br)c1. The van der Waals surface area contributed by atoms with Gasteiger partial charge < -0.3 is 9.05 Å². The quantitative estimate of drug-likeness (QED) is 0.781. The fraction of sp³-hybridized carbons (Fsp3) is 0.400. The summed E-state index contributed by atoms with van der Waals surface area (Å²) in [5, 5.41) is 0.225. The highest BCUT2D eigenvalue weighted by molar-refractivity contribution is 9.10. The summed E-state index contributed by atoms with van der Waals surface area (Å²) < 4.78 is 36.2. The lowest BCUT2D eigenvalue weighted by Crippen LogP contribution is -2.11. The highest BCUT2D eigenvalue weighted by atomic mass is 79.9. The molecule has 0 aliphatic carbocycles. The third kappa shape index (κ3) is 3.39. The molecular formula is C10H13BrFO3P. The Hall–Kier alpha value is -0.220. The van der Waals surface area contributed by atoms with E-state index < -0.39 is 13.4 Å².